The van der Waals surface area contributed by atoms with E-state index in [-0.39, 0.29) is 6.10 Å². The number of halogens is 1. The van der Waals surface area contributed by atoms with Crippen molar-refractivity contribution in [3.63, 3.8) is 0 Å². The van der Waals surface area contributed by atoms with Gasteiger partial charge in [-0.1, -0.05) is 6.07 Å². The Bertz CT molecular complexity index is 690. The van der Waals surface area contributed by atoms with E-state index in [1.807, 2.05) is 24.3 Å². The van der Waals surface area contributed by atoms with Gasteiger partial charge < -0.3 is 24.7 Å². The van der Waals surface area contributed by atoms with Crippen LogP contribution in [-0.2, 0) is 9.47 Å². The van der Waals surface area contributed by atoms with Gasteiger partial charge in [-0.25, -0.2) is 4.98 Å². The molecule has 1 aliphatic heterocycles. The summed E-state index contributed by atoms with van der Waals surface area (Å²) in [6.07, 6.45) is 1.68. The summed E-state index contributed by atoms with van der Waals surface area (Å²) in [5.74, 6) is 1.77. The number of hydrogen-bond donors (Lipinski definition) is 1. The van der Waals surface area contributed by atoms with Crippen LogP contribution in [0.4, 0.5) is 5.82 Å². The van der Waals surface area contributed by atoms with Crippen LogP contribution >= 0.6 is 15.9 Å². The average Bonchev–Trinajstić information content (AvgIpc) is 3.09. The molecule has 0 spiro atoms. The fraction of sp³-hybridized carbons (Fsp3) is 0.312. The first-order chi connectivity index (χ1) is 11.2. The standard InChI is InChI=1S/C16H17BrN2O4/c1-20-15-5-10(11-4-13(17)16(18)19-6-11)2-3-14(15)22-8-12-7-21-9-23-12/h2-6,12H,7-9H2,1H3,(H2,18,19)/t12-/m1/s1. The number of rotatable bonds is 5. The van der Waals surface area contributed by atoms with E-state index in [4.69, 9.17) is 24.7 Å². The van der Waals surface area contributed by atoms with Crippen LogP contribution in [0.15, 0.2) is 34.9 Å². The average molecular weight is 381 g/mol. The first kappa shape index (κ1) is 16.0. The molecule has 122 valence electrons. The summed E-state index contributed by atoms with van der Waals surface area (Å²) >= 11 is 3.39. The molecule has 0 radical (unpaired) electrons. The molecule has 2 heterocycles. The predicted octanol–water partition coefficient (Wildman–Crippen LogP) is 2.85. The molecule has 0 aliphatic carbocycles. The Morgan fingerprint density at radius 1 is 1.30 bits per heavy atom. The fourth-order valence-electron chi connectivity index (χ4n) is 2.22. The Labute approximate surface area is 142 Å². The summed E-state index contributed by atoms with van der Waals surface area (Å²) in [6.45, 7) is 1.29. The largest absolute Gasteiger partial charge is 0.493 e. The molecule has 1 atom stereocenters. The first-order valence-corrected chi connectivity index (χ1v) is 7.88. The number of nitrogens with zero attached hydrogens (tertiary/aromatic N) is 1. The summed E-state index contributed by atoms with van der Waals surface area (Å²) in [5.41, 5.74) is 7.62. The van der Waals surface area contributed by atoms with Gasteiger partial charge in [-0.3, -0.25) is 0 Å². The molecule has 1 fully saturated rings. The minimum atomic E-state index is -0.0448. The molecular formula is C16H17BrN2O4. The van der Waals surface area contributed by atoms with E-state index >= 15 is 0 Å². The zero-order valence-electron chi connectivity index (χ0n) is 12.6. The molecule has 23 heavy (non-hydrogen) atoms. The highest BCUT2D eigenvalue weighted by atomic mass is 79.9. The summed E-state index contributed by atoms with van der Waals surface area (Å²) in [4.78, 5) is 4.15. The molecule has 0 saturated carbocycles. The Hall–Kier alpha value is -1.83. The van der Waals surface area contributed by atoms with Crippen molar-refractivity contribution in [1.29, 1.82) is 0 Å². The van der Waals surface area contributed by atoms with Crippen LogP contribution in [0.5, 0.6) is 11.5 Å². The maximum absolute atomic E-state index is 5.77. The van der Waals surface area contributed by atoms with E-state index in [0.29, 0.717) is 37.3 Å². The van der Waals surface area contributed by atoms with E-state index in [1.54, 1.807) is 13.3 Å². The molecule has 0 unspecified atom stereocenters. The molecule has 1 aromatic heterocycles. The van der Waals surface area contributed by atoms with Crippen LogP contribution in [0.1, 0.15) is 0 Å². The normalized spacial score (nSPS) is 17.2. The van der Waals surface area contributed by atoms with E-state index in [2.05, 4.69) is 20.9 Å². The second-order valence-corrected chi connectivity index (χ2v) is 5.90. The minimum Gasteiger partial charge on any atom is -0.493 e. The van der Waals surface area contributed by atoms with Crippen molar-refractivity contribution in [2.24, 2.45) is 0 Å². The van der Waals surface area contributed by atoms with Gasteiger partial charge in [0.1, 0.15) is 25.3 Å². The van der Waals surface area contributed by atoms with Gasteiger partial charge in [0.05, 0.1) is 18.2 Å². The molecule has 7 heteroatoms. The molecule has 3 rings (SSSR count). The molecule has 1 saturated heterocycles. The predicted molar refractivity (Wildman–Crippen MR) is 89.5 cm³/mol. The number of hydrogen-bond acceptors (Lipinski definition) is 6. The summed E-state index contributed by atoms with van der Waals surface area (Å²) < 4.78 is 22.4. The summed E-state index contributed by atoms with van der Waals surface area (Å²) in [6, 6.07) is 7.64. The van der Waals surface area contributed by atoms with E-state index in [1.165, 1.54) is 0 Å². The van der Waals surface area contributed by atoms with Crippen LogP contribution in [0.25, 0.3) is 11.1 Å². The number of aromatic nitrogens is 1. The van der Waals surface area contributed by atoms with Crippen molar-refractivity contribution in [1.82, 2.24) is 4.98 Å². The number of nitrogens with two attached hydrogens (primary N) is 1. The monoisotopic (exact) mass is 380 g/mol. The second-order valence-electron chi connectivity index (χ2n) is 5.05. The van der Waals surface area contributed by atoms with Gasteiger partial charge in [0, 0.05) is 11.8 Å². The van der Waals surface area contributed by atoms with Crippen LogP contribution < -0.4 is 15.2 Å². The smallest absolute Gasteiger partial charge is 0.161 e. The van der Waals surface area contributed by atoms with Gasteiger partial charge in [0.25, 0.3) is 0 Å². The van der Waals surface area contributed by atoms with Crippen molar-refractivity contribution in [3.05, 3.63) is 34.9 Å². The fourth-order valence-corrected chi connectivity index (χ4v) is 2.57. The molecule has 6 nitrogen and oxygen atoms in total. The van der Waals surface area contributed by atoms with Gasteiger partial charge in [0.2, 0.25) is 0 Å². The highest BCUT2D eigenvalue weighted by molar-refractivity contribution is 9.10. The zero-order valence-corrected chi connectivity index (χ0v) is 14.2. The third-order valence-corrected chi connectivity index (χ3v) is 4.12. The van der Waals surface area contributed by atoms with Crippen molar-refractivity contribution >= 4 is 21.7 Å². The third-order valence-electron chi connectivity index (χ3n) is 3.48. The number of nitrogen functional groups attached to an aromatic ring is 1. The topological polar surface area (TPSA) is 75.8 Å². The van der Waals surface area contributed by atoms with Gasteiger partial charge >= 0.3 is 0 Å². The molecule has 2 N–H and O–H groups in total. The SMILES string of the molecule is COc1cc(-c2cnc(N)c(Br)c2)ccc1OC[C@H]1COCO1. The number of pyridine rings is 1. The number of methoxy groups -OCH3 is 1. The molecule has 0 amide bonds. The molecule has 0 bridgehead atoms. The van der Waals surface area contributed by atoms with Gasteiger partial charge in [0.15, 0.2) is 11.5 Å². The lowest BCUT2D eigenvalue weighted by atomic mass is 10.1. The molecule has 1 aromatic carbocycles. The zero-order chi connectivity index (χ0) is 16.2. The van der Waals surface area contributed by atoms with Gasteiger partial charge in [-0.05, 0) is 39.7 Å². The molecule has 1 aliphatic rings. The summed E-state index contributed by atoms with van der Waals surface area (Å²) in [7, 11) is 1.61. The highest BCUT2D eigenvalue weighted by Gasteiger charge is 2.18. The first-order valence-electron chi connectivity index (χ1n) is 7.09. The lowest BCUT2D eigenvalue weighted by molar-refractivity contribution is 0.0317. The van der Waals surface area contributed by atoms with Gasteiger partial charge in [-0.2, -0.15) is 0 Å². The van der Waals surface area contributed by atoms with Crippen molar-refractivity contribution in [2.75, 3.05) is 32.9 Å². The van der Waals surface area contributed by atoms with Crippen LogP contribution in [0, 0.1) is 0 Å². The second kappa shape index (κ2) is 7.16. The molecule has 2 aromatic rings. The number of anilines is 1. The number of ether oxygens (including phenoxy) is 4. The quantitative estimate of drug-likeness (QED) is 0.859. The van der Waals surface area contributed by atoms with Crippen LogP contribution in [-0.4, -0.2) is 38.2 Å². The highest BCUT2D eigenvalue weighted by Crippen LogP contribution is 2.34. The Kier molecular flexibility index (Phi) is 5.00. The maximum Gasteiger partial charge on any atom is 0.161 e. The Morgan fingerprint density at radius 3 is 2.87 bits per heavy atom. The van der Waals surface area contributed by atoms with E-state index < -0.39 is 0 Å². The van der Waals surface area contributed by atoms with E-state index in [0.717, 1.165) is 15.6 Å². The third kappa shape index (κ3) is 3.74. The lowest BCUT2D eigenvalue weighted by Gasteiger charge is -2.14. The Balaban J connectivity index is 1.79. The van der Waals surface area contributed by atoms with Crippen molar-refractivity contribution < 1.29 is 18.9 Å². The molecular weight excluding hydrogens is 364 g/mol. The summed E-state index contributed by atoms with van der Waals surface area (Å²) in [5, 5.41) is 0. The van der Waals surface area contributed by atoms with Crippen LogP contribution in [0.3, 0.4) is 0 Å². The Morgan fingerprint density at radius 2 is 2.17 bits per heavy atom. The van der Waals surface area contributed by atoms with Crippen molar-refractivity contribution in [2.45, 2.75) is 6.10 Å². The number of benzene rings is 1. The van der Waals surface area contributed by atoms with E-state index in [9.17, 15) is 0 Å². The maximum atomic E-state index is 5.77. The minimum absolute atomic E-state index is 0.0448. The van der Waals surface area contributed by atoms with Crippen molar-refractivity contribution in [3.8, 4) is 22.6 Å². The lowest BCUT2D eigenvalue weighted by Crippen LogP contribution is -2.19. The van der Waals surface area contributed by atoms with Gasteiger partial charge in [-0.15, -0.1) is 0 Å². The van der Waals surface area contributed by atoms with Crippen LogP contribution in [0.2, 0.25) is 0 Å².